The first-order valence-corrected chi connectivity index (χ1v) is 8.17. The third-order valence-electron chi connectivity index (χ3n) is 3.65. The molecule has 108 valence electrons. The summed E-state index contributed by atoms with van der Waals surface area (Å²) in [6.07, 6.45) is 0.982. The van der Waals surface area contributed by atoms with E-state index in [0.717, 1.165) is 0 Å². The molecule has 8 heteroatoms. The first kappa shape index (κ1) is 14.3. The van der Waals surface area contributed by atoms with Crippen LogP contribution in [0.2, 0.25) is 0 Å². The van der Waals surface area contributed by atoms with Crippen molar-refractivity contribution in [3.63, 3.8) is 0 Å². The molecule has 2 aliphatic rings. The minimum atomic E-state index is -3.07. The summed E-state index contributed by atoms with van der Waals surface area (Å²) in [4.78, 5) is 24.4. The number of piperazine rings is 1. The second-order valence-electron chi connectivity index (χ2n) is 5.05. The first-order valence-electron chi connectivity index (χ1n) is 6.35. The van der Waals surface area contributed by atoms with Crippen molar-refractivity contribution in [1.82, 2.24) is 10.2 Å². The van der Waals surface area contributed by atoms with Crippen molar-refractivity contribution in [2.75, 3.05) is 24.6 Å². The number of carbonyl (C=O) groups excluding carboxylic acids is 1. The van der Waals surface area contributed by atoms with Gasteiger partial charge in [0.1, 0.15) is 0 Å². The van der Waals surface area contributed by atoms with Crippen LogP contribution in [0.25, 0.3) is 0 Å². The normalized spacial score (nSPS) is 31.7. The number of sulfone groups is 1. The Morgan fingerprint density at radius 3 is 2.84 bits per heavy atom. The molecular formula is C11H18N2O5S. The standard InChI is InChI=1S/C11H18N2O5S/c14-10(15)6-9-11(16)12-3-4-13(9)8-2-1-5-19(17,18)7-8/h8-9H,1-7H2,(H,12,16)(H,14,15). The van der Waals surface area contributed by atoms with Crippen molar-refractivity contribution in [2.45, 2.75) is 31.3 Å². The van der Waals surface area contributed by atoms with E-state index in [1.54, 1.807) is 4.90 Å². The zero-order chi connectivity index (χ0) is 14.0. The molecule has 0 radical (unpaired) electrons. The molecule has 2 N–H and O–H groups in total. The van der Waals surface area contributed by atoms with Gasteiger partial charge in [-0.2, -0.15) is 0 Å². The molecule has 0 aromatic heterocycles. The van der Waals surface area contributed by atoms with E-state index >= 15 is 0 Å². The lowest BCUT2D eigenvalue weighted by molar-refractivity contribution is -0.143. The minimum absolute atomic E-state index is 0.0242. The van der Waals surface area contributed by atoms with Crippen molar-refractivity contribution in [2.24, 2.45) is 0 Å². The van der Waals surface area contributed by atoms with Gasteiger partial charge in [-0.05, 0) is 12.8 Å². The zero-order valence-corrected chi connectivity index (χ0v) is 11.4. The number of carboxylic acid groups (broad SMARTS) is 1. The van der Waals surface area contributed by atoms with Gasteiger partial charge in [-0.25, -0.2) is 8.42 Å². The minimum Gasteiger partial charge on any atom is -0.481 e. The second kappa shape index (κ2) is 5.46. The van der Waals surface area contributed by atoms with Crippen LogP contribution in [0.4, 0.5) is 0 Å². The van der Waals surface area contributed by atoms with Crippen molar-refractivity contribution < 1.29 is 23.1 Å². The Hall–Kier alpha value is -1.15. The fourth-order valence-electron chi connectivity index (χ4n) is 2.81. The maximum Gasteiger partial charge on any atom is 0.305 e. The molecule has 2 aliphatic heterocycles. The molecule has 2 heterocycles. The van der Waals surface area contributed by atoms with E-state index in [-0.39, 0.29) is 29.9 Å². The van der Waals surface area contributed by atoms with E-state index in [4.69, 9.17) is 5.11 Å². The highest BCUT2D eigenvalue weighted by atomic mass is 32.2. The molecule has 1 amide bonds. The van der Waals surface area contributed by atoms with Gasteiger partial charge in [0.05, 0.1) is 24.0 Å². The molecule has 0 saturated carbocycles. The SMILES string of the molecule is O=C(O)CC1C(=O)NCCN1C1CCCS(=O)(=O)C1. The van der Waals surface area contributed by atoms with Gasteiger partial charge in [-0.3, -0.25) is 14.5 Å². The average Bonchev–Trinajstić information content (AvgIpc) is 2.30. The van der Waals surface area contributed by atoms with Crippen molar-refractivity contribution in [3.8, 4) is 0 Å². The van der Waals surface area contributed by atoms with E-state index in [0.29, 0.717) is 25.9 Å². The highest BCUT2D eigenvalue weighted by molar-refractivity contribution is 7.91. The second-order valence-corrected chi connectivity index (χ2v) is 7.28. The molecular weight excluding hydrogens is 272 g/mol. The fraction of sp³-hybridized carbons (Fsp3) is 0.818. The molecule has 2 saturated heterocycles. The predicted molar refractivity (Wildman–Crippen MR) is 67.4 cm³/mol. The molecule has 19 heavy (non-hydrogen) atoms. The Morgan fingerprint density at radius 2 is 2.21 bits per heavy atom. The molecule has 2 fully saturated rings. The highest BCUT2D eigenvalue weighted by Crippen LogP contribution is 2.22. The van der Waals surface area contributed by atoms with Gasteiger partial charge in [0.25, 0.3) is 0 Å². The molecule has 0 bridgehead atoms. The Balaban J connectivity index is 2.15. The highest BCUT2D eigenvalue weighted by Gasteiger charge is 2.38. The smallest absolute Gasteiger partial charge is 0.305 e. The van der Waals surface area contributed by atoms with Gasteiger partial charge in [-0.1, -0.05) is 0 Å². The monoisotopic (exact) mass is 290 g/mol. The topological polar surface area (TPSA) is 104 Å². The van der Waals surface area contributed by atoms with Gasteiger partial charge in [0, 0.05) is 19.1 Å². The van der Waals surface area contributed by atoms with Crippen molar-refractivity contribution >= 4 is 21.7 Å². The van der Waals surface area contributed by atoms with Crippen LogP contribution in [0.1, 0.15) is 19.3 Å². The summed E-state index contributed by atoms with van der Waals surface area (Å²) in [6.45, 7) is 0.940. The summed E-state index contributed by atoms with van der Waals surface area (Å²) in [5.41, 5.74) is 0. The number of hydrogen-bond donors (Lipinski definition) is 2. The number of nitrogens with one attached hydrogen (secondary N) is 1. The van der Waals surface area contributed by atoms with Crippen LogP contribution in [0.3, 0.4) is 0 Å². The van der Waals surface area contributed by atoms with Crippen LogP contribution >= 0.6 is 0 Å². The summed E-state index contributed by atoms with van der Waals surface area (Å²) < 4.78 is 23.3. The van der Waals surface area contributed by atoms with Gasteiger partial charge < -0.3 is 10.4 Å². The molecule has 0 spiro atoms. The van der Waals surface area contributed by atoms with Crippen molar-refractivity contribution in [1.29, 1.82) is 0 Å². The molecule has 7 nitrogen and oxygen atoms in total. The van der Waals surface area contributed by atoms with E-state index < -0.39 is 21.8 Å². The third-order valence-corrected chi connectivity index (χ3v) is 5.45. The predicted octanol–water partition coefficient (Wildman–Crippen LogP) is -1.16. The summed E-state index contributed by atoms with van der Waals surface area (Å²) in [5.74, 6) is -1.16. The maximum absolute atomic E-state index is 11.8. The number of amides is 1. The number of hydrogen-bond acceptors (Lipinski definition) is 5. The molecule has 2 unspecified atom stereocenters. The van der Waals surface area contributed by atoms with E-state index in [2.05, 4.69) is 5.32 Å². The van der Waals surface area contributed by atoms with Crippen LogP contribution in [-0.4, -0.2) is 67.0 Å². The Morgan fingerprint density at radius 1 is 1.47 bits per heavy atom. The summed E-state index contributed by atoms with van der Waals surface area (Å²) in [7, 11) is -3.07. The van der Waals surface area contributed by atoms with Gasteiger partial charge >= 0.3 is 5.97 Å². The molecule has 2 atom stereocenters. The number of rotatable bonds is 3. The summed E-state index contributed by atoms with van der Waals surface area (Å²) in [6, 6.07) is -1.00. The number of nitrogens with zero attached hydrogens (tertiary/aromatic N) is 1. The zero-order valence-electron chi connectivity index (χ0n) is 10.5. The fourth-order valence-corrected chi connectivity index (χ4v) is 4.52. The van der Waals surface area contributed by atoms with E-state index in [1.165, 1.54) is 0 Å². The number of aliphatic carboxylic acids is 1. The quantitative estimate of drug-likeness (QED) is 0.679. The molecule has 0 aromatic rings. The van der Waals surface area contributed by atoms with Crippen LogP contribution in [0, 0.1) is 0 Å². The molecule has 0 aliphatic carbocycles. The Kier molecular flexibility index (Phi) is 4.10. The molecule has 2 rings (SSSR count). The largest absolute Gasteiger partial charge is 0.481 e. The lowest BCUT2D eigenvalue weighted by atomic mass is 10.0. The van der Waals surface area contributed by atoms with E-state index in [1.807, 2.05) is 0 Å². The molecule has 0 aromatic carbocycles. The van der Waals surface area contributed by atoms with Gasteiger partial charge in [0.2, 0.25) is 5.91 Å². The van der Waals surface area contributed by atoms with Crippen LogP contribution < -0.4 is 5.32 Å². The van der Waals surface area contributed by atoms with Crippen LogP contribution in [-0.2, 0) is 19.4 Å². The van der Waals surface area contributed by atoms with Crippen LogP contribution in [0.5, 0.6) is 0 Å². The average molecular weight is 290 g/mol. The Bertz CT molecular complexity index is 475. The Labute approximate surface area is 111 Å². The lowest BCUT2D eigenvalue weighted by Crippen LogP contribution is -2.60. The summed E-state index contributed by atoms with van der Waals surface area (Å²) >= 11 is 0. The number of carbonyl (C=O) groups is 2. The van der Waals surface area contributed by atoms with E-state index in [9.17, 15) is 18.0 Å². The van der Waals surface area contributed by atoms with Crippen LogP contribution in [0.15, 0.2) is 0 Å². The summed E-state index contributed by atoms with van der Waals surface area (Å²) in [5, 5.41) is 11.5. The van der Waals surface area contributed by atoms with Gasteiger partial charge in [0.15, 0.2) is 9.84 Å². The third kappa shape index (κ3) is 3.44. The lowest BCUT2D eigenvalue weighted by Gasteiger charge is -2.41. The number of carboxylic acids is 1. The maximum atomic E-state index is 11.8. The van der Waals surface area contributed by atoms with Crippen molar-refractivity contribution in [3.05, 3.63) is 0 Å². The first-order chi connectivity index (χ1) is 8.89. The van der Waals surface area contributed by atoms with Gasteiger partial charge in [-0.15, -0.1) is 0 Å².